The van der Waals surface area contributed by atoms with E-state index in [-0.39, 0.29) is 6.61 Å². The van der Waals surface area contributed by atoms with E-state index in [1.54, 1.807) is 7.11 Å². The number of aliphatic hydroxyl groups excluding tert-OH is 1. The van der Waals surface area contributed by atoms with Gasteiger partial charge in [0.25, 0.3) is 0 Å². The Kier molecular flexibility index (Phi) is 4.61. The van der Waals surface area contributed by atoms with Gasteiger partial charge in [0.1, 0.15) is 5.75 Å². The molecule has 1 aliphatic rings. The van der Waals surface area contributed by atoms with Gasteiger partial charge in [-0.15, -0.1) is 0 Å². The zero-order chi connectivity index (χ0) is 13.0. The van der Waals surface area contributed by atoms with E-state index in [9.17, 15) is 5.11 Å². The van der Waals surface area contributed by atoms with Crippen molar-refractivity contribution in [1.82, 2.24) is 4.90 Å². The molecule has 0 aliphatic heterocycles. The van der Waals surface area contributed by atoms with E-state index in [0.29, 0.717) is 6.04 Å². The summed E-state index contributed by atoms with van der Waals surface area (Å²) >= 11 is 0. The Morgan fingerprint density at radius 2 is 2.06 bits per heavy atom. The van der Waals surface area contributed by atoms with E-state index < -0.39 is 0 Å². The average molecular weight is 249 g/mol. The van der Waals surface area contributed by atoms with Crippen LogP contribution in [-0.2, 0) is 13.2 Å². The predicted molar refractivity (Wildman–Crippen MR) is 72.6 cm³/mol. The van der Waals surface area contributed by atoms with E-state index in [1.807, 2.05) is 18.2 Å². The SMILES string of the molecule is COc1ccc(CO)cc1CN(C)C1CCCC1. The molecule has 1 aromatic carbocycles. The fourth-order valence-electron chi connectivity index (χ4n) is 2.80. The number of nitrogens with zero attached hydrogens (tertiary/aromatic N) is 1. The van der Waals surface area contributed by atoms with Crippen LogP contribution in [0.4, 0.5) is 0 Å². The zero-order valence-corrected chi connectivity index (χ0v) is 11.4. The van der Waals surface area contributed by atoms with Crippen molar-refractivity contribution in [3.63, 3.8) is 0 Å². The molecule has 0 atom stereocenters. The summed E-state index contributed by atoms with van der Waals surface area (Å²) in [6.07, 6.45) is 5.31. The molecule has 2 rings (SSSR count). The summed E-state index contributed by atoms with van der Waals surface area (Å²) in [5, 5.41) is 9.22. The third-order valence-corrected chi connectivity index (χ3v) is 3.90. The molecule has 0 aromatic heterocycles. The minimum Gasteiger partial charge on any atom is -0.496 e. The fraction of sp³-hybridized carbons (Fsp3) is 0.600. The second-order valence-corrected chi connectivity index (χ2v) is 5.16. The average Bonchev–Trinajstić information content (AvgIpc) is 2.92. The lowest BCUT2D eigenvalue weighted by Crippen LogP contribution is -2.28. The van der Waals surface area contributed by atoms with Crippen LogP contribution >= 0.6 is 0 Å². The van der Waals surface area contributed by atoms with Crippen LogP contribution in [0.5, 0.6) is 5.75 Å². The Balaban J connectivity index is 2.10. The standard InChI is InChI=1S/C15H23NO2/c1-16(14-5-3-4-6-14)10-13-9-12(11-17)7-8-15(13)18-2/h7-9,14,17H,3-6,10-11H2,1-2H3. The van der Waals surface area contributed by atoms with Crippen LogP contribution in [0.2, 0.25) is 0 Å². The molecule has 1 N–H and O–H groups in total. The van der Waals surface area contributed by atoms with Crippen molar-refractivity contribution in [2.24, 2.45) is 0 Å². The lowest BCUT2D eigenvalue weighted by atomic mass is 10.1. The number of rotatable bonds is 5. The number of hydrogen-bond acceptors (Lipinski definition) is 3. The highest BCUT2D eigenvalue weighted by Gasteiger charge is 2.20. The molecular formula is C15H23NO2. The molecule has 1 aromatic rings. The summed E-state index contributed by atoms with van der Waals surface area (Å²) in [5.41, 5.74) is 2.11. The molecule has 0 spiro atoms. The molecule has 0 heterocycles. The first kappa shape index (κ1) is 13.4. The lowest BCUT2D eigenvalue weighted by Gasteiger charge is -2.25. The van der Waals surface area contributed by atoms with Gasteiger partial charge < -0.3 is 9.84 Å². The minimum absolute atomic E-state index is 0.0874. The van der Waals surface area contributed by atoms with Gasteiger partial charge in [0.2, 0.25) is 0 Å². The molecule has 0 radical (unpaired) electrons. The second kappa shape index (κ2) is 6.21. The van der Waals surface area contributed by atoms with Gasteiger partial charge in [0, 0.05) is 18.2 Å². The number of hydrogen-bond donors (Lipinski definition) is 1. The Morgan fingerprint density at radius 3 is 2.67 bits per heavy atom. The number of methoxy groups -OCH3 is 1. The summed E-state index contributed by atoms with van der Waals surface area (Å²) < 4.78 is 5.40. The fourth-order valence-corrected chi connectivity index (χ4v) is 2.80. The summed E-state index contributed by atoms with van der Waals surface area (Å²) in [5.74, 6) is 0.914. The maximum absolute atomic E-state index is 9.22. The summed E-state index contributed by atoms with van der Waals surface area (Å²) in [6, 6.07) is 6.61. The highest BCUT2D eigenvalue weighted by molar-refractivity contribution is 5.37. The van der Waals surface area contributed by atoms with Gasteiger partial charge in [-0.05, 0) is 37.6 Å². The second-order valence-electron chi connectivity index (χ2n) is 5.16. The largest absolute Gasteiger partial charge is 0.496 e. The Labute approximate surface area is 109 Å². The van der Waals surface area contributed by atoms with Crippen molar-refractivity contribution in [3.8, 4) is 5.75 Å². The van der Waals surface area contributed by atoms with E-state index in [2.05, 4.69) is 11.9 Å². The van der Waals surface area contributed by atoms with Crippen molar-refractivity contribution >= 4 is 0 Å². The third kappa shape index (κ3) is 3.03. The first-order valence-electron chi connectivity index (χ1n) is 6.71. The molecule has 0 bridgehead atoms. The van der Waals surface area contributed by atoms with Crippen molar-refractivity contribution in [3.05, 3.63) is 29.3 Å². The molecule has 100 valence electrons. The first-order chi connectivity index (χ1) is 8.74. The zero-order valence-electron chi connectivity index (χ0n) is 11.4. The van der Waals surface area contributed by atoms with Crippen LogP contribution < -0.4 is 4.74 Å². The minimum atomic E-state index is 0.0874. The van der Waals surface area contributed by atoms with Crippen molar-refractivity contribution in [1.29, 1.82) is 0 Å². The van der Waals surface area contributed by atoms with Crippen LogP contribution in [0.3, 0.4) is 0 Å². The van der Waals surface area contributed by atoms with Crippen molar-refractivity contribution < 1.29 is 9.84 Å². The maximum Gasteiger partial charge on any atom is 0.123 e. The van der Waals surface area contributed by atoms with Gasteiger partial charge in [0.05, 0.1) is 13.7 Å². The third-order valence-electron chi connectivity index (χ3n) is 3.90. The number of benzene rings is 1. The number of aliphatic hydroxyl groups is 1. The van der Waals surface area contributed by atoms with Crippen LogP contribution in [0.25, 0.3) is 0 Å². The Hall–Kier alpha value is -1.06. The van der Waals surface area contributed by atoms with Gasteiger partial charge >= 0.3 is 0 Å². The molecular weight excluding hydrogens is 226 g/mol. The highest BCUT2D eigenvalue weighted by atomic mass is 16.5. The Bertz CT molecular complexity index is 386. The van der Waals surface area contributed by atoms with Gasteiger partial charge in [-0.2, -0.15) is 0 Å². The van der Waals surface area contributed by atoms with Gasteiger partial charge in [-0.3, -0.25) is 4.90 Å². The molecule has 0 saturated heterocycles. The smallest absolute Gasteiger partial charge is 0.123 e. The van der Waals surface area contributed by atoms with Crippen molar-refractivity contribution in [2.75, 3.05) is 14.2 Å². The normalized spacial score (nSPS) is 16.4. The maximum atomic E-state index is 9.22. The number of ether oxygens (including phenoxy) is 1. The molecule has 1 saturated carbocycles. The molecule has 1 fully saturated rings. The highest BCUT2D eigenvalue weighted by Crippen LogP contribution is 2.27. The van der Waals surface area contributed by atoms with E-state index in [1.165, 1.54) is 31.2 Å². The van der Waals surface area contributed by atoms with E-state index >= 15 is 0 Å². The van der Waals surface area contributed by atoms with Crippen LogP contribution in [-0.4, -0.2) is 30.2 Å². The molecule has 0 amide bonds. The van der Waals surface area contributed by atoms with Crippen LogP contribution in [0, 0.1) is 0 Å². The molecule has 3 nitrogen and oxygen atoms in total. The van der Waals surface area contributed by atoms with Crippen LogP contribution in [0.1, 0.15) is 36.8 Å². The predicted octanol–water partition coefficient (Wildman–Crippen LogP) is 2.56. The van der Waals surface area contributed by atoms with Gasteiger partial charge in [-0.25, -0.2) is 0 Å². The monoisotopic (exact) mass is 249 g/mol. The van der Waals surface area contributed by atoms with E-state index in [0.717, 1.165) is 17.9 Å². The van der Waals surface area contributed by atoms with E-state index in [4.69, 9.17) is 4.74 Å². The molecule has 0 unspecified atom stereocenters. The lowest BCUT2D eigenvalue weighted by molar-refractivity contribution is 0.233. The molecule has 1 aliphatic carbocycles. The summed E-state index contributed by atoms with van der Waals surface area (Å²) in [7, 11) is 3.88. The quantitative estimate of drug-likeness (QED) is 0.870. The van der Waals surface area contributed by atoms with Gasteiger partial charge in [0.15, 0.2) is 0 Å². The van der Waals surface area contributed by atoms with Crippen molar-refractivity contribution in [2.45, 2.75) is 44.9 Å². The Morgan fingerprint density at radius 1 is 1.33 bits per heavy atom. The van der Waals surface area contributed by atoms with Crippen LogP contribution in [0.15, 0.2) is 18.2 Å². The summed E-state index contributed by atoms with van der Waals surface area (Å²) in [6.45, 7) is 0.978. The molecule has 3 heteroatoms. The topological polar surface area (TPSA) is 32.7 Å². The molecule has 18 heavy (non-hydrogen) atoms. The van der Waals surface area contributed by atoms with Gasteiger partial charge in [-0.1, -0.05) is 18.9 Å². The summed E-state index contributed by atoms with van der Waals surface area (Å²) in [4.78, 5) is 2.41. The first-order valence-corrected chi connectivity index (χ1v) is 6.71.